The average molecular weight is 222 g/mol. The summed E-state index contributed by atoms with van der Waals surface area (Å²) in [7, 11) is 0. The van der Waals surface area contributed by atoms with E-state index in [2.05, 4.69) is 25.0 Å². The molecule has 0 aliphatic carbocycles. The Morgan fingerprint density at radius 3 is 3.06 bits per heavy atom. The average Bonchev–Trinajstić information content (AvgIpc) is 2.77. The first-order chi connectivity index (χ1) is 7.84. The Morgan fingerprint density at radius 1 is 1.38 bits per heavy atom. The van der Waals surface area contributed by atoms with E-state index < -0.39 is 0 Å². The van der Waals surface area contributed by atoms with Gasteiger partial charge in [-0.15, -0.1) is 0 Å². The van der Waals surface area contributed by atoms with Crippen molar-refractivity contribution in [3.8, 4) is 0 Å². The molecule has 0 spiro atoms. The van der Waals surface area contributed by atoms with E-state index in [-0.39, 0.29) is 5.82 Å². The highest BCUT2D eigenvalue weighted by molar-refractivity contribution is 5.09. The summed E-state index contributed by atoms with van der Waals surface area (Å²) in [4.78, 5) is 7.64. The molecule has 0 fully saturated rings. The molecule has 0 bridgehead atoms. The summed E-state index contributed by atoms with van der Waals surface area (Å²) < 4.78 is 17.4. The van der Waals surface area contributed by atoms with Crippen LogP contribution in [0.2, 0.25) is 0 Å². The lowest BCUT2D eigenvalue weighted by Gasteiger charge is -2.02. The van der Waals surface area contributed by atoms with Crippen LogP contribution in [0.1, 0.15) is 11.4 Å². The van der Waals surface area contributed by atoms with Crippen molar-refractivity contribution in [2.45, 2.75) is 13.0 Å². The zero-order valence-corrected chi connectivity index (χ0v) is 8.56. The minimum absolute atomic E-state index is 0.322. The maximum atomic E-state index is 12.8. The third-order valence-electron chi connectivity index (χ3n) is 2.02. The predicted molar refractivity (Wildman–Crippen MR) is 53.9 cm³/mol. The zero-order chi connectivity index (χ0) is 11.2. The second-order valence-corrected chi connectivity index (χ2v) is 3.29. The van der Waals surface area contributed by atoms with Gasteiger partial charge in [-0.1, -0.05) is 5.16 Å². The number of pyridine rings is 1. The Morgan fingerprint density at radius 2 is 2.31 bits per heavy atom. The van der Waals surface area contributed by atoms with Gasteiger partial charge in [0.05, 0.1) is 6.20 Å². The minimum Gasteiger partial charge on any atom is -0.343 e. The summed E-state index contributed by atoms with van der Waals surface area (Å²) in [5.74, 6) is 0.335. The van der Waals surface area contributed by atoms with Gasteiger partial charge in [-0.05, 0) is 11.6 Å². The minimum atomic E-state index is -0.322. The number of hydrogen-bond donors (Lipinski definition) is 1. The van der Waals surface area contributed by atoms with E-state index in [1.807, 2.05) is 0 Å². The predicted octanol–water partition coefficient (Wildman–Crippen LogP) is 0.936. The number of halogens is 1. The molecule has 6 heteroatoms. The lowest BCUT2D eigenvalue weighted by atomic mass is 10.3. The summed E-state index contributed by atoms with van der Waals surface area (Å²) >= 11 is 0. The van der Waals surface area contributed by atoms with E-state index in [1.165, 1.54) is 18.7 Å². The molecule has 0 aliphatic heterocycles. The fourth-order valence-electron chi connectivity index (χ4n) is 1.29. The van der Waals surface area contributed by atoms with Crippen LogP contribution in [0.15, 0.2) is 29.4 Å². The smallest absolute Gasteiger partial charge is 0.213 e. The Hall–Kier alpha value is -1.82. The Labute approximate surface area is 91.7 Å². The molecule has 0 aliphatic rings. The SMILES string of the molecule is Fc1cncc(CNCCc2ncon2)c1. The van der Waals surface area contributed by atoms with Crippen molar-refractivity contribution in [3.63, 3.8) is 0 Å². The fourth-order valence-corrected chi connectivity index (χ4v) is 1.29. The molecular formula is C10H11FN4O. The largest absolute Gasteiger partial charge is 0.343 e. The van der Waals surface area contributed by atoms with E-state index in [4.69, 9.17) is 0 Å². The highest BCUT2D eigenvalue weighted by Crippen LogP contribution is 1.99. The first kappa shape index (κ1) is 10.7. The number of nitrogens with zero attached hydrogens (tertiary/aromatic N) is 3. The molecular weight excluding hydrogens is 211 g/mol. The molecule has 2 rings (SSSR count). The van der Waals surface area contributed by atoms with E-state index in [0.29, 0.717) is 25.3 Å². The summed E-state index contributed by atoms with van der Waals surface area (Å²) in [5, 5.41) is 6.82. The van der Waals surface area contributed by atoms with Crippen LogP contribution < -0.4 is 5.32 Å². The van der Waals surface area contributed by atoms with E-state index in [1.54, 1.807) is 6.20 Å². The number of hydrogen-bond acceptors (Lipinski definition) is 5. The van der Waals surface area contributed by atoms with Crippen molar-refractivity contribution < 1.29 is 8.91 Å². The standard InChI is InChI=1S/C10H11FN4O/c11-9-3-8(5-13-6-9)4-12-2-1-10-14-7-16-15-10/h3,5-7,12H,1-2,4H2. The zero-order valence-electron chi connectivity index (χ0n) is 8.56. The molecule has 0 radical (unpaired) electrons. The highest BCUT2D eigenvalue weighted by atomic mass is 19.1. The van der Waals surface area contributed by atoms with Gasteiger partial charge in [-0.2, -0.15) is 4.98 Å². The molecule has 2 aromatic rings. The number of aromatic nitrogens is 3. The van der Waals surface area contributed by atoms with Crippen molar-refractivity contribution in [2.24, 2.45) is 0 Å². The van der Waals surface area contributed by atoms with Gasteiger partial charge in [-0.25, -0.2) is 4.39 Å². The van der Waals surface area contributed by atoms with Gasteiger partial charge < -0.3 is 9.84 Å². The van der Waals surface area contributed by atoms with Crippen LogP contribution in [0.5, 0.6) is 0 Å². The molecule has 0 aromatic carbocycles. The van der Waals surface area contributed by atoms with Gasteiger partial charge in [0.15, 0.2) is 5.82 Å². The van der Waals surface area contributed by atoms with Crippen LogP contribution >= 0.6 is 0 Å². The van der Waals surface area contributed by atoms with Crippen molar-refractivity contribution in [2.75, 3.05) is 6.54 Å². The van der Waals surface area contributed by atoms with Gasteiger partial charge in [-0.3, -0.25) is 4.98 Å². The molecule has 1 N–H and O–H groups in total. The van der Waals surface area contributed by atoms with Gasteiger partial charge in [0.2, 0.25) is 6.39 Å². The van der Waals surface area contributed by atoms with Crippen molar-refractivity contribution in [3.05, 3.63) is 42.1 Å². The quantitative estimate of drug-likeness (QED) is 0.762. The summed E-state index contributed by atoms with van der Waals surface area (Å²) in [6, 6.07) is 1.45. The van der Waals surface area contributed by atoms with Crippen molar-refractivity contribution >= 4 is 0 Å². The van der Waals surface area contributed by atoms with Crippen LogP contribution in [0.4, 0.5) is 4.39 Å². The lowest BCUT2D eigenvalue weighted by Crippen LogP contribution is -2.17. The first-order valence-corrected chi connectivity index (χ1v) is 4.90. The summed E-state index contributed by atoms with van der Waals surface area (Å²) in [6.07, 6.45) is 4.79. The molecule has 2 aromatic heterocycles. The summed E-state index contributed by atoms with van der Waals surface area (Å²) in [6.45, 7) is 1.28. The van der Waals surface area contributed by atoms with Crippen LogP contribution in [0.25, 0.3) is 0 Å². The Kier molecular flexibility index (Phi) is 3.55. The third kappa shape index (κ3) is 3.09. The Balaban J connectivity index is 1.72. The van der Waals surface area contributed by atoms with E-state index in [0.717, 1.165) is 5.56 Å². The van der Waals surface area contributed by atoms with Gasteiger partial charge in [0.25, 0.3) is 0 Å². The first-order valence-electron chi connectivity index (χ1n) is 4.90. The number of rotatable bonds is 5. The molecule has 2 heterocycles. The maximum absolute atomic E-state index is 12.8. The van der Waals surface area contributed by atoms with Crippen LogP contribution in [-0.2, 0) is 13.0 Å². The van der Waals surface area contributed by atoms with Crippen molar-refractivity contribution in [1.29, 1.82) is 0 Å². The molecule has 16 heavy (non-hydrogen) atoms. The van der Waals surface area contributed by atoms with E-state index in [9.17, 15) is 4.39 Å². The van der Waals surface area contributed by atoms with Gasteiger partial charge in [0, 0.05) is 25.7 Å². The molecule has 0 atom stereocenters. The lowest BCUT2D eigenvalue weighted by molar-refractivity contribution is 0.409. The monoisotopic (exact) mass is 222 g/mol. The topological polar surface area (TPSA) is 63.8 Å². The third-order valence-corrected chi connectivity index (χ3v) is 2.02. The van der Waals surface area contributed by atoms with E-state index >= 15 is 0 Å². The molecule has 84 valence electrons. The molecule has 0 saturated carbocycles. The fraction of sp³-hybridized carbons (Fsp3) is 0.300. The van der Waals surface area contributed by atoms with Crippen LogP contribution in [0, 0.1) is 5.82 Å². The molecule has 5 nitrogen and oxygen atoms in total. The normalized spacial score (nSPS) is 10.6. The van der Waals surface area contributed by atoms with Crippen LogP contribution in [-0.4, -0.2) is 21.7 Å². The van der Waals surface area contributed by atoms with Crippen LogP contribution in [0.3, 0.4) is 0 Å². The molecule has 0 saturated heterocycles. The highest BCUT2D eigenvalue weighted by Gasteiger charge is 1.99. The maximum Gasteiger partial charge on any atom is 0.213 e. The number of nitrogens with one attached hydrogen (secondary N) is 1. The van der Waals surface area contributed by atoms with Crippen molar-refractivity contribution in [1.82, 2.24) is 20.4 Å². The second kappa shape index (κ2) is 5.32. The Bertz CT molecular complexity index is 432. The molecule has 0 amide bonds. The molecule has 0 unspecified atom stereocenters. The second-order valence-electron chi connectivity index (χ2n) is 3.29. The van der Waals surface area contributed by atoms with Gasteiger partial charge in [0.1, 0.15) is 5.82 Å². The summed E-state index contributed by atoms with van der Waals surface area (Å²) in [5.41, 5.74) is 0.813. The van der Waals surface area contributed by atoms with Gasteiger partial charge >= 0.3 is 0 Å².